The highest BCUT2D eigenvalue weighted by molar-refractivity contribution is 7.99. The molecule has 0 bridgehead atoms. The molecule has 1 N–H and O–H groups in total. The molecule has 3 aromatic carbocycles. The van der Waals surface area contributed by atoms with Gasteiger partial charge in [-0.2, -0.15) is 0 Å². The Morgan fingerprint density at radius 2 is 1.60 bits per heavy atom. The molecular formula is C28H28N4O2S. The van der Waals surface area contributed by atoms with E-state index in [0.29, 0.717) is 16.1 Å². The molecule has 2 heterocycles. The van der Waals surface area contributed by atoms with Crippen LogP contribution in [0.2, 0.25) is 0 Å². The first kappa shape index (κ1) is 23.2. The summed E-state index contributed by atoms with van der Waals surface area (Å²) in [7, 11) is 0. The average molecular weight is 485 g/mol. The summed E-state index contributed by atoms with van der Waals surface area (Å²) in [4.78, 5) is 33.2. The molecule has 1 saturated heterocycles. The fourth-order valence-corrected chi connectivity index (χ4v) is 5.18. The van der Waals surface area contributed by atoms with Gasteiger partial charge in [0.2, 0.25) is 5.91 Å². The van der Waals surface area contributed by atoms with Crippen LogP contribution in [0.1, 0.15) is 24.8 Å². The standard InChI is InChI=1S/C28H28N4O2S/c1-20-9-13-23(14-10-20)32-27(34)24-7-3-4-8-25(24)30-28(32)35-19-26(33)29-21-11-15-22(16-12-21)31-17-5-2-6-18-31/h3-4,7-16H,2,5-6,17-19H2,1H3,(H,29,33). The first-order valence-corrected chi connectivity index (χ1v) is 12.9. The summed E-state index contributed by atoms with van der Waals surface area (Å²) in [5, 5.41) is 4.01. The lowest BCUT2D eigenvalue weighted by Gasteiger charge is -2.28. The zero-order chi connectivity index (χ0) is 24.2. The van der Waals surface area contributed by atoms with Gasteiger partial charge in [-0.25, -0.2) is 4.98 Å². The quantitative estimate of drug-likeness (QED) is 0.293. The van der Waals surface area contributed by atoms with Gasteiger partial charge in [0.1, 0.15) is 0 Å². The average Bonchev–Trinajstić information content (AvgIpc) is 2.89. The smallest absolute Gasteiger partial charge is 0.266 e. The lowest BCUT2D eigenvalue weighted by Crippen LogP contribution is -2.29. The van der Waals surface area contributed by atoms with E-state index in [-0.39, 0.29) is 17.2 Å². The third kappa shape index (κ3) is 5.25. The number of para-hydroxylation sites is 1. The van der Waals surface area contributed by atoms with Gasteiger partial charge in [0.05, 0.1) is 22.3 Å². The number of benzene rings is 3. The van der Waals surface area contributed by atoms with E-state index in [9.17, 15) is 9.59 Å². The molecule has 1 aliphatic rings. The number of nitrogens with zero attached hydrogens (tertiary/aromatic N) is 3. The molecule has 7 heteroatoms. The van der Waals surface area contributed by atoms with E-state index < -0.39 is 0 Å². The highest BCUT2D eigenvalue weighted by Gasteiger charge is 2.15. The predicted molar refractivity (Wildman–Crippen MR) is 144 cm³/mol. The second-order valence-corrected chi connectivity index (χ2v) is 9.76. The molecule has 1 aromatic heterocycles. The molecule has 0 saturated carbocycles. The number of piperidine rings is 1. The molecule has 6 nitrogen and oxygen atoms in total. The number of amides is 1. The molecule has 35 heavy (non-hydrogen) atoms. The summed E-state index contributed by atoms with van der Waals surface area (Å²) in [5.41, 5.74) is 4.27. The Bertz CT molecular complexity index is 1390. The van der Waals surface area contributed by atoms with E-state index in [4.69, 9.17) is 4.98 Å². The van der Waals surface area contributed by atoms with Crippen molar-refractivity contribution in [2.24, 2.45) is 0 Å². The zero-order valence-electron chi connectivity index (χ0n) is 19.7. The Morgan fingerprint density at radius 1 is 0.914 bits per heavy atom. The van der Waals surface area contributed by atoms with Crippen LogP contribution < -0.4 is 15.8 Å². The largest absolute Gasteiger partial charge is 0.372 e. The van der Waals surface area contributed by atoms with Crippen LogP contribution in [-0.4, -0.2) is 34.3 Å². The van der Waals surface area contributed by atoms with Gasteiger partial charge in [-0.15, -0.1) is 0 Å². The third-order valence-corrected chi connectivity index (χ3v) is 7.18. The maximum absolute atomic E-state index is 13.3. The summed E-state index contributed by atoms with van der Waals surface area (Å²) < 4.78 is 1.59. The highest BCUT2D eigenvalue weighted by atomic mass is 32.2. The van der Waals surface area contributed by atoms with Crippen LogP contribution in [0.4, 0.5) is 11.4 Å². The predicted octanol–water partition coefficient (Wildman–Crippen LogP) is 5.42. The number of hydrogen-bond donors (Lipinski definition) is 1. The van der Waals surface area contributed by atoms with Crippen molar-refractivity contribution in [1.29, 1.82) is 0 Å². The van der Waals surface area contributed by atoms with Crippen LogP contribution in [0.5, 0.6) is 0 Å². The lowest BCUT2D eigenvalue weighted by molar-refractivity contribution is -0.113. The van der Waals surface area contributed by atoms with Crippen LogP contribution >= 0.6 is 11.8 Å². The number of anilines is 2. The number of fused-ring (bicyclic) bond motifs is 1. The molecule has 0 atom stereocenters. The molecule has 1 fully saturated rings. The molecule has 178 valence electrons. The van der Waals surface area contributed by atoms with Crippen LogP contribution in [0.25, 0.3) is 16.6 Å². The van der Waals surface area contributed by atoms with Crippen LogP contribution in [0, 0.1) is 6.92 Å². The minimum atomic E-state index is -0.143. The van der Waals surface area contributed by atoms with E-state index in [2.05, 4.69) is 22.3 Å². The van der Waals surface area contributed by atoms with Gasteiger partial charge in [0.15, 0.2) is 5.16 Å². The van der Waals surface area contributed by atoms with Crippen molar-refractivity contribution in [1.82, 2.24) is 9.55 Å². The summed E-state index contributed by atoms with van der Waals surface area (Å²) in [6, 6.07) is 23.1. The van der Waals surface area contributed by atoms with Gasteiger partial charge >= 0.3 is 0 Å². The minimum Gasteiger partial charge on any atom is -0.372 e. The molecule has 4 aromatic rings. The number of rotatable bonds is 6. The van der Waals surface area contributed by atoms with E-state index in [0.717, 1.165) is 30.0 Å². The maximum atomic E-state index is 13.3. The summed E-state index contributed by atoms with van der Waals surface area (Å²) in [6.45, 7) is 4.18. The van der Waals surface area contributed by atoms with Crippen LogP contribution in [0.3, 0.4) is 0 Å². The second-order valence-electron chi connectivity index (χ2n) is 8.82. The summed E-state index contributed by atoms with van der Waals surface area (Å²) >= 11 is 1.26. The van der Waals surface area contributed by atoms with Crippen LogP contribution in [0.15, 0.2) is 82.7 Å². The molecule has 1 aliphatic heterocycles. The van der Waals surface area contributed by atoms with Gasteiger partial charge in [0.25, 0.3) is 5.56 Å². The number of carbonyl (C=O) groups excluding carboxylic acids is 1. The SMILES string of the molecule is Cc1ccc(-n2c(SCC(=O)Nc3ccc(N4CCCCC4)cc3)nc3ccccc3c2=O)cc1. The van der Waals surface area contributed by atoms with E-state index in [1.807, 2.05) is 61.5 Å². The Labute approximate surface area is 209 Å². The second kappa shape index (κ2) is 10.4. The molecule has 0 unspecified atom stereocenters. The Kier molecular flexibility index (Phi) is 6.86. The number of thioether (sulfide) groups is 1. The first-order valence-electron chi connectivity index (χ1n) is 11.9. The topological polar surface area (TPSA) is 67.2 Å². The van der Waals surface area contributed by atoms with Crippen molar-refractivity contribution in [3.63, 3.8) is 0 Å². The van der Waals surface area contributed by atoms with Gasteiger partial charge in [-0.1, -0.05) is 41.6 Å². The van der Waals surface area contributed by atoms with Gasteiger partial charge in [-0.3, -0.25) is 14.2 Å². The fraction of sp³-hybridized carbons (Fsp3) is 0.250. The zero-order valence-corrected chi connectivity index (χ0v) is 20.6. The van der Waals surface area contributed by atoms with Crippen LogP contribution in [-0.2, 0) is 4.79 Å². The fourth-order valence-electron chi connectivity index (χ4n) is 4.37. The Morgan fingerprint density at radius 3 is 2.34 bits per heavy atom. The maximum Gasteiger partial charge on any atom is 0.266 e. The number of hydrogen-bond acceptors (Lipinski definition) is 5. The summed E-state index contributed by atoms with van der Waals surface area (Å²) in [6.07, 6.45) is 3.75. The third-order valence-electron chi connectivity index (χ3n) is 6.24. The Balaban J connectivity index is 1.33. The normalized spacial score (nSPS) is 13.7. The van der Waals surface area contributed by atoms with Crippen molar-refractivity contribution in [2.45, 2.75) is 31.3 Å². The van der Waals surface area contributed by atoms with Crippen molar-refractivity contribution in [3.8, 4) is 5.69 Å². The van der Waals surface area contributed by atoms with Crippen molar-refractivity contribution >= 4 is 39.9 Å². The van der Waals surface area contributed by atoms with Crippen molar-refractivity contribution in [2.75, 3.05) is 29.1 Å². The molecule has 1 amide bonds. The van der Waals surface area contributed by atoms with Crippen molar-refractivity contribution < 1.29 is 4.79 Å². The van der Waals surface area contributed by atoms with E-state index in [1.165, 1.54) is 36.7 Å². The number of aryl methyl sites for hydroxylation is 1. The molecular weight excluding hydrogens is 456 g/mol. The number of nitrogens with one attached hydrogen (secondary N) is 1. The van der Waals surface area contributed by atoms with Crippen molar-refractivity contribution in [3.05, 3.63) is 88.7 Å². The van der Waals surface area contributed by atoms with E-state index in [1.54, 1.807) is 10.6 Å². The summed E-state index contributed by atoms with van der Waals surface area (Å²) in [5.74, 6) is 0.00317. The molecule has 0 spiro atoms. The lowest BCUT2D eigenvalue weighted by atomic mass is 10.1. The molecule has 0 aliphatic carbocycles. The first-order chi connectivity index (χ1) is 17.1. The van der Waals surface area contributed by atoms with Gasteiger partial charge in [-0.05, 0) is 74.7 Å². The monoisotopic (exact) mass is 484 g/mol. The van der Waals surface area contributed by atoms with Gasteiger partial charge in [0, 0.05) is 24.5 Å². The Hall–Kier alpha value is -3.58. The van der Waals surface area contributed by atoms with Gasteiger partial charge < -0.3 is 10.2 Å². The minimum absolute atomic E-state index is 0.140. The number of carbonyl (C=O) groups is 1. The molecule has 0 radical (unpaired) electrons. The highest BCUT2D eigenvalue weighted by Crippen LogP contribution is 2.24. The van der Waals surface area contributed by atoms with E-state index >= 15 is 0 Å². The molecule has 5 rings (SSSR count). The number of aromatic nitrogens is 2.